The zero-order chi connectivity index (χ0) is 14.3. The largest absolute Gasteiger partial charge is 0.364 e. The summed E-state index contributed by atoms with van der Waals surface area (Å²) in [5, 5.41) is 3.23. The fourth-order valence-corrected chi connectivity index (χ4v) is 2.68. The van der Waals surface area contributed by atoms with Gasteiger partial charge in [0.25, 0.3) is 5.56 Å². The van der Waals surface area contributed by atoms with E-state index in [1.807, 2.05) is 44.2 Å². The minimum absolute atomic E-state index is 0.0394. The van der Waals surface area contributed by atoms with Gasteiger partial charge in [0.2, 0.25) is 0 Å². The molecule has 104 valence electrons. The van der Waals surface area contributed by atoms with Crippen LogP contribution in [0.1, 0.15) is 37.1 Å². The standard InChI is InChI=1S/C15H17N3O2/c1-9(2)18-14(19)11-8-12(10-6-4-3-5-7-10)16-13(11)17-15(18)20/h3-7,9,12,16H,8H2,1-2H3,(H,17,20)/t12-/m0/s1. The average molecular weight is 271 g/mol. The summed E-state index contributed by atoms with van der Waals surface area (Å²) < 4.78 is 1.27. The summed E-state index contributed by atoms with van der Waals surface area (Å²) >= 11 is 0. The summed E-state index contributed by atoms with van der Waals surface area (Å²) in [6.07, 6.45) is 0.599. The first kappa shape index (κ1) is 12.7. The van der Waals surface area contributed by atoms with Crippen molar-refractivity contribution in [3.8, 4) is 0 Å². The molecule has 0 saturated heterocycles. The Morgan fingerprint density at radius 2 is 1.90 bits per heavy atom. The molecule has 5 nitrogen and oxygen atoms in total. The maximum absolute atomic E-state index is 12.4. The number of hydrogen-bond donors (Lipinski definition) is 2. The normalized spacial score (nSPS) is 17.1. The van der Waals surface area contributed by atoms with Gasteiger partial charge in [-0.15, -0.1) is 0 Å². The predicted molar refractivity (Wildman–Crippen MR) is 78.2 cm³/mol. The van der Waals surface area contributed by atoms with Crippen molar-refractivity contribution >= 4 is 5.82 Å². The summed E-state index contributed by atoms with van der Waals surface area (Å²) in [4.78, 5) is 27.1. The van der Waals surface area contributed by atoms with E-state index in [-0.39, 0.29) is 23.3 Å². The quantitative estimate of drug-likeness (QED) is 0.875. The molecule has 0 unspecified atom stereocenters. The van der Waals surface area contributed by atoms with E-state index in [9.17, 15) is 9.59 Å². The molecule has 0 saturated carbocycles. The maximum atomic E-state index is 12.4. The van der Waals surface area contributed by atoms with Gasteiger partial charge >= 0.3 is 5.69 Å². The van der Waals surface area contributed by atoms with Crippen LogP contribution in [0.5, 0.6) is 0 Å². The Bertz CT molecular complexity index is 744. The lowest BCUT2D eigenvalue weighted by Gasteiger charge is -2.10. The van der Waals surface area contributed by atoms with Gasteiger partial charge in [-0.2, -0.15) is 0 Å². The Balaban J connectivity index is 2.05. The third kappa shape index (κ3) is 1.95. The summed E-state index contributed by atoms with van der Waals surface area (Å²) in [6.45, 7) is 3.67. The topological polar surface area (TPSA) is 66.9 Å². The monoisotopic (exact) mass is 271 g/mol. The molecular weight excluding hydrogens is 254 g/mol. The SMILES string of the molecule is CC(C)n1c(=O)[nH]c2c(c1=O)C[C@@H](c1ccccc1)N2. The van der Waals surface area contributed by atoms with E-state index in [1.54, 1.807) is 0 Å². The van der Waals surface area contributed by atoms with E-state index in [0.29, 0.717) is 17.8 Å². The highest BCUT2D eigenvalue weighted by atomic mass is 16.2. The van der Waals surface area contributed by atoms with Crippen molar-refractivity contribution in [2.75, 3.05) is 5.32 Å². The van der Waals surface area contributed by atoms with E-state index in [0.717, 1.165) is 5.56 Å². The number of aromatic nitrogens is 2. The molecule has 3 rings (SSSR count). The van der Waals surface area contributed by atoms with Gasteiger partial charge < -0.3 is 5.32 Å². The number of aromatic amines is 1. The summed E-state index contributed by atoms with van der Waals surface area (Å²) in [5.41, 5.74) is 1.22. The van der Waals surface area contributed by atoms with Crippen LogP contribution in [0.4, 0.5) is 5.82 Å². The highest BCUT2D eigenvalue weighted by Crippen LogP contribution is 2.29. The van der Waals surface area contributed by atoms with Crippen LogP contribution in [0.25, 0.3) is 0 Å². The first-order valence-electron chi connectivity index (χ1n) is 6.77. The van der Waals surface area contributed by atoms with E-state index in [1.165, 1.54) is 4.57 Å². The average Bonchev–Trinajstić information content (AvgIpc) is 2.83. The molecule has 2 N–H and O–H groups in total. The van der Waals surface area contributed by atoms with Crippen LogP contribution < -0.4 is 16.6 Å². The Hall–Kier alpha value is -2.30. The molecular formula is C15H17N3O2. The fraction of sp³-hybridized carbons (Fsp3) is 0.333. The van der Waals surface area contributed by atoms with E-state index < -0.39 is 0 Å². The second-order valence-electron chi connectivity index (χ2n) is 5.36. The second kappa shape index (κ2) is 4.67. The number of hydrogen-bond acceptors (Lipinski definition) is 3. The van der Waals surface area contributed by atoms with Gasteiger partial charge in [0.15, 0.2) is 0 Å². The molecule has 0 spiro atoms. The molecule has 1 atom stereocenters. The van der Waals surface area contributed by atoms with Crippen LogP contribution in [0.3, 0.4) is 0 Å². The van der Waals surface area contributed by atoms with Crippen LogP contribution in [0.15, 0.2) is 39.9 Å². The minimum Gasteiger partial charge on any atom is -0.364 e. The summed E-state index contributed by atoms with van der Waals surface area (Å²) in [7, 11) is 0. The fourth-order valence-electron chi connectivity index (χ4n) is 2.68. The molecule has 0 aliphatic carbocycles. The van der Waals surface area contributed by atoms with Crippen molar-refractivity contribution in [3.63, 3.8) is 0 Å². The Morgan fingerprint density at radius 3 is 2.55 bits per heavy atom. The van der Waals surface area contributed by atoms with Crippen LogP contribution in [-0.4, -0.2) is 9.55 Å². The Morgan fingerprint density at radius 1 is 1.20 bits per heavy atom. The molecule has 2 heterocycles. The van der Waals surface area contributed by atoms with Crippen LogP contribution >= 0.6 is 0 Å². The Labute approximate surface area is 116 Å². The van der Waals surface area contributed by atoms with Gasteiger partial charge in [0.1, 0.15) is 5.82 Å². The first-order valence-corrected chi connectivity index (χ1v) is 6.77. The second-order valence-corrected chi connectivity index (χ2v) is 5.36. The number of nitrogens with one attached hydrogen (secondary N) is 2. The number of anilines is 1. The van der Waals surface area contributed by atoms with Crippen LogP contribution in [0, 0.1) is 0 Å². The molecule has 1 aromatic carbocycles. The molecule has 0 radical (unpaired) electrons. The number of nitrogens with zero attached hydrogens (tertiary/aromatic N) is 1. The number of H-pyrrole nitrogens is 1. The Kier molecular flexibility index (Phi) is 2.97. The number of benzene rings is 1. The summed E-state index contributed by atoms with van der Waals surface area (Å²) in [5.74, 6) is 0.561. The van der Waals surface area contributed by atoms with Crippen molar-refractivity contribution in [1.82, 2.24) is 9.55 Å². The van der Waals surface area contributed by atoms with Crippen molar-refractivity contribution in [3.05, 3.63) is 62.3 Å². The minimum atomic E-state index is -0.357. The third-order valence-electron chi connectivity index (χ3n) is 3.67. The van der Waals surface area contributed by atoms with E-state index >= 15 is 0 Å². The first-order chi connectivity index (χ1) is 9.58. The lowest BCUT2D eigenvalue weighted by atomic mass is 10.0. The third-order valence-corrected chi connectivity index (χ3v) is 3.67. The van der Waals surface area contributed by atoms with Crippen LogP contribution in [0.2, 0.25) is 0 Å². The molecule has 1 aliphatic heterocycles. The van der Waals surface area contributed by atoms with Crippen molar-refractivity contribution in [2.24, 2.45) is 0 Å². The molecule has 2 aromatic rings. The lowest BCUT2D eigenvalue weighted by Crippen LogP contribution is -2.37. The number of fused-ring (bicyclic) bond motifs is 1. The zero-order valence-electron chi connectivity index (χ0n) is 11.5. The van der Waals surface area contributed by atoms with Crippen molar-refractivity contribution in [1.29, 1.82) is 0 Å². The van der Waals surface area contributed by atoms with Gasteiger partial charge in [-0.05, 0) is 19.4 Å². The van der Waals surface area contributed by atoms with E-state index in [2.05, 4.69) is 10.3 Å². The van der Waals surface area contributed by atoms with E-state index in [4.69, 9.17) is 0 Å². The number of rotatable bonds is 2. The van der Waals surface area contributed by atoms with Crippen molar-refractivity contribution < 1.29 is 0 Å². The van der Waals surface area contributed by atoms with Gasteiger partial charge in [0, 0.05) is 12.5 Å². The van der Waals surface area contributed by atoms with Gasteiger partial charge in [0.05, 0.1) is 11.6 Å². The molecule has 20 heavy (non-hydrogen) atoms. The highest BCUT2D eigenvalue weighted by Gasteiger charge is 2.27. The lowest BCUT2D eigenvalue weighted by molar-refractivity contribution is 0.543. The maximum Gasteiger partial charge on any atom is 0.330 e. The van der Waals surface area contributed by atoms with Crippen molar-refractivity contribution in [2.45, 2.75) is 32.4 Å². The van der Waals surface area contributed by atoms with Gasteiger partial charge in [-0.3, -0.25) is 14.3 Å². The molecule has 1 aliphatic rings. The molecule has 5 heteroatoms. The van der Waals surface area contributed by atoms with Gasteiger partial charge in [-0.1, -0.05) is 30.3 Å². The molecule has 0 amide bonds. The molecule has 0 fully saturated rings. The smallest absolute Gasteiger partial charge is 0.330 e. The summed E-state index contributed by atoms with van der Waals surface area (Å²) in [6, 6.07) is 9.82. The van der Waals surface area contributed by atoms with Gasteiger partial charge in [-0.25, -0.2) is 4.79 Å². The molecule has 0 bridgehead atoms. The van der Waals surface area contributed by atoms with Crippen LogP contribution in [-0.2, 0) is 6.42 Å². The molecule has 1 aromatic heterocycles. The highest BCUT2D eigenvalue weighted by molar-refractivity contribution is 5.51. The predicted octanol–water partition coefficient (Wildman–Crippen LogP) is 1.83. The zero-order valence-corrected chi connectivity index (χ0v) is 11.5.